The Morgan fingerprint density at radius 2 is 2.17 bits per heavy atom. The molecule has 7 nitrogen and oxygen atoms in total. The van der Waals surface area contributed by atoms with E-state index in [1.165, 1.54) is 0 Å². The van der Waals surface area contributed by atoms with Crippen molar-refractivity contribution in [2.24, 2.45) is 0 Å². The topological polar surface area (TPSA) is 81.1 Å². The number of hydrogen-bond acceptors (Lipinski definition) is 5. The van der Waals surface area contributed by atoms with Gasteiger partial charge in [0.1, 0.15) is 6.04 Å². The zero-order valence-corrected chi connectivity index (χ0v) is 14.8. The zero-order chi connectivity index (χ0) is 15.4. The molecule has 3 rings (SSSR count). The number of halogens is 2. The molecular weight excluding hydrogens is 353 g/mol. The fourth-order valence-corrected chi connectivity index (χ4v) is 2.44. The van der Waals surface area contributed by atoms with E-state index >= 15 is 0 Å². The van der Waals surface area contributed by atoms with Gasteiger partial charge in [-0.15, -0.1) is 24.8 Å². The van der Waals surface area contributed by atoms with Crippen molar-refractivity contribution in [3.63, 3.8) is 0 Å². The van der Waals surface area contributed by atoms with Crippen molar-refractivity contribution >= 4 is 36.4 Å². The van der Waals surface area contributed by atoms with Gasteiger partial charge in [0.25, 0.3) is 0 Å². The van der Waals surface area contributed by atoms with E-state index < -0.39 is 0 Å². The van der Waals surface area contributed by atoms with Crippen LogP contribution in [0.3, 0.4) is 0 Å². The van der Waals surface area contributed by atoms with Crippen LogP contribution in [0.15, 0.2) is 36.9 Å². The average molecular weight is 374 g/mol. The Bertz CT molecular complexity index is 638. The number of nitrogens with one attached hydrogen (secondary N) is 2. The molecule has 0 aliphatic carbocycles. The molecule has 1 aliphatic rings. The SMILES string of the molecule is C[C@H]1OCCN[C@@H]1C(=O)Nc1cnn(Cc2ccncc2)c1.Cl.Cl. The number of hydrogen-bond donors (Lipinski definition) is 2. The molecule has 1 aliphatic heterocycles. The molecule has 1 amide bonds. The summed E-state index contributed by atoms with van der Waals surface area (Å²) < 4.78 is 7.26. The third kappa shape index (κ3) is 5.17. The maximum atomic E-state index is 12.2. The molecule has 0 unspecified atom stereocenters. The van der Waals surface area contributed by atoms with Crippen LogP contribution >= 0.6 is 24.8 Å². The summed E-state index contributed by atoms with van der Waals surface area (Å²) >= 11 is 0. The second-order valence-corrected chi connectivity index (χ2v) is 5.28. The van der Waals surface area contributed by atoms with Crippen molar-refractivity contribution in [3.8, 4) is 0 Å². The van der Waals surface area contributed by atoms with Gasteiger partial charge in [-0.1, -0.05) is 0 Å². The second-order valence-electron chi connectivity index (χ2n) is 5.28. The van der Waals surface area contributed by atoms with Crippen molar-refractivity contribution in [2.75, 3.05) is 18.5 Å². The van der Waals surface area contributed by atoms with Crippen LogP contribution in [0.1, 0.15) is 12.5 Å². The molecule has 1 fully saturated rings. The first-order valence-electron chi connectivity index (χ1n) is 7.29. The maximum Gasteiger partial charge on any atom is 0.244 e. The van der Waals surface area contributed by atoms with Gasteiger partial charge in [-0.3, -0.25) is 14.5 Å². The highest BCUT2D eigenvalue weighted by Gasteiger charge is 2.28. The number of pyridine rings is 1. The molecule has 2 atom stereocenters. The second kappa shape index (κ2) is 9.58. The highest BCUT2D eigenvalue weighted by molar-refractivity contribution is 5.95. The summed E-state index contributed by atoms with van der Waals surface area (Å²) in [6.45, 7) is 3.85. The predicted molar refractivity (Wildman–Crippen MR) is 95.9 cm³/mol. The van der Waals surface area contributed by atoms with Gasteiger partial charge in [0.2, 0.25) is 5.91 Å². The van der Waals surface area contributed by atoms with E-state index in [1.54, 1.807) is 23.3 Å². The summed E-state index contributed by atoms with van der Waals surface area (Å²) in [4.78, 5) is 16.2. The van der Waals surface area contributed by atoms with Crippen LogP contribution in [0.2, 0.25) is 0 Å². The molecule has 2 aromatic heterocycles. The van der Waals surface area contributed by atoms with Gasteiger partial charge in [0.05, 0.1) is 31.1 Å². The third-order valence-electron chi connectivity index (χ3n) is 3.59. The Hall–Kier alpha value is -1.67. The van der Waals surface area contributed by atoms with E-state index in [2.05, 4.69) is 20.7 Å². The quantitative estimate of drug-likeness (QED) is 0.848. The molecule has 0 aromatic carbocycles. The Morgan fingerprint density at radius 3 is 2.88 bits per heavy atom. The normalized spacial score (nSPS) is 19.7. The first-order valence-corrected chi connectivity index (χ1v) is 7.29. The van der Waals surface area contributed by atoms with Crippen LogP contribution in [0, 0.1) is 0 Å². The fraction of sp³-hybridized carbons (Fsp3) is 0.400. The van der Waals surface area contributed by atoms with Crippen LogP contribution in [0.5, 0.6) is 0 Å². The van der Waals surface area contributed by atoms with Crippen LogP contribution in [0.4, 0.5) is 5.69 Å². The molecule has 0 radical (unpaired) electrons. The Balaban J connectivity index is 0.00000144. The Morgan fingerprint density at radius 1 is 1.42 bits per heavy atom. The number of aromatic nitrogens is 3. The lowest BCUT2D eigenvalue weighted by molar-refractivity contribution is -0.123. The van der Waals surface area contributed by atoms with E-state index in [1.807, 2.05) is 25.3 Å². The van der Waals surface area contributed by atoms with Crippen molar-refractivity contribution in [1.82, 2.24) is 20.1 Å². The molecule has 2 N–H and O–H groups in total. The average Bonchev–Trinajstić information content (AvgIpc) is 2.95. The van der Waals surface area contributed by atoms with Crippen LogP contribution in [0.25, 0.3) is 0 Å². The van der Waals surface area contributed by atoms with E-state index in [9.17, 15) is 4.79 Å². The smallest absolute Gasteiger partial charge is 0.244 e. The van der Waals surface area contributed by atoms with E-state index in [0.29, 0.717) is 25.4 Å². The van der Waals surface area contributed by atoms with E-state index in [-0.39, 0.29) is 42.9 Å². The summed E-state index contributed by atoms with van der Waals surface area (Å²) in [5, 5.41) is 10.3. The molecule has 3 heterocycles. The molecule has 1 saturated heterocycles. The van der Waals surface area contributed by atoms with Crippen molar-refractivity contribution < 1.29 is 9.53 Å². The number of amides is 1. The molecule has 0 saturated carbocycles. The third-order valence-corrected chi connectivity index (χ3v) is 3.59. The van der Waals surface area contributed by atoms with Gasteiger partial charge in [0, 0.05) is 25.1 Å². The minimum absolute atomic E-state index is 0. The number of ether oxygens (including phenoxy) is 1. The molecule has 2 aromatic rings. The standard InChI is InChI=1S/C15H19N5O2.2ClH/c1-11-14(17-6-7-22-11)15(21)19-13-8-18-20(10-13)9-12-2-4-16-5-3-12;;/h2-5,8,10-11,14,17H,6-7,9H2,1H3,(H,19,21);2*1H/t11-,14+;;/m1../s1. The molecule has 24 heavy (non-hydrogen) atoms. The van der Waals surface area contributed by atoms with Crippen LogP contribution in [-0.2, 0) is 16.1 Å². The summed E-state index contributed by atoms with van der Waals surface area (Å²) in [6.07, 6.45) is 6.82. The zero-order valence-electron chi connectivity index (χ0n) is 13.2. The molecule has 0 bridgehead atoms. The van der Waals surface area contributed by atoms with Gasteiger partial charge in [-0.25, -0.2) is 0 Å². The number of carbonyl (C=O) groups excluding carboxylic acids is 1. The fourth-order valence-electron chi connectivity index (χ4n) is 2.44. The number of anilines is 1. The van der Waals surface area contributed by atoms with E-state index in [4.69, 9.17) is 4.74 Å². The number of carbonyl (C=O) groups is 1. The Kier molecular flexibility index (Phi) is 8.14. The molecular formula is C15H21Cl2N5O2. The van der Waals surface area contributed by atoms with Crippen molar-refractivity contribution in [3.05, 3.63) is 42.5 Å². The van der Waals surface area contributed by atoms with Crippen molar-refractivity contribution in [1.29, 1.82) is 0 Å². The van der Waals surface area contributed by atoms with Crippen molar-refractivity contribution in [2.45, 2.75) is 25.6 Å². The highest BCUT2D eigenvalue weighted by atomic mass is 35.5. The monoisotopic (exact) mass is 373 g/mol. The van der Waals surface area contributed by atoms with Gasteiger partial charge in [0.15, 0.2) is 0 Å². The summed E-state index contributed by atoms with van der Waals surface area (Å²) in [6, 6.07) is 3.54. The number of nitrogens with zero attached hydrogens (tertiary/aromatic N) is 3. The Labute approximate surface area is 153 Å². The number of morpholine rings is 1. The molecule has 9 heteroatoms. The summed E-state index contributed by atoms with van der Waals surface area (Å²) in [7, 11) is 0. The largest absolute Gasteiger partial charge is 0.375 e. The molecule has 0 spiro atoms. The highest BCUT2D eigenvalue weighted by Crippen LogP contribution is 2.11. The minimum atomic E-state index is -0.336. The maximum absolute atomic E-state index is 12.2. The lowest BCUT2D eigenvalue weighted by atomic mass is 10.1. The van der Waals surface area contributed by atoms with Crippen LogP contribution in [-0.4, -0.2) is 46.0 Å². The molecule has 132 valence electrons. The van der Waals surface area contributed by atoms with E-state index in [0.717, 1.165) is 5.56 Å². The lowest BCUT2D eigenvalue weighted by Crippen LogP contribution is -2.53. The van der Waals surface area contributed by atoms with Gasteiger partial charge in [-0.2, -0.15) is 5.10 Å². The lowest BCUT2D eigenvalue weighted by Gasteiger charge is -2.29. The minimum Gasteiger partial charge on any atom is -0.375 e. The van der Waals surface area contributed by atoms with Gasteiger partial charge in [-0.05, 0) is 24.6 Å². The van der Waals surface area contributed by atoms with Gasteiger partial charge >= 0.3 is 0 Å². The first kappa shape index (κ1) is 20.4. The van der Waals surface area contributed by atoms with Crippen LogP contribution < -0.4 is 10.6 Å². The number of rotatable bonds is 4. The summed E-state index contributed by atoms with van der Waals surface area (Å²) in [5.41, 5.74) is 1.78. The summed E-state index contributed by atoms with van der Waals surface area (Å²) in [5.74, 6) is -0.101. The predicted octanol–water partition coefficient (Wildman–Crippen LogP) is 1.49. The van der Waals surface area contributed by atoms with Gasteiger partial charge < -0.3 is 15.4 Å². The first-order chi connectivity index (χ1) is 10.7.